The lowest BCUT2D eigenvalue weighted by Crippen LogP contribution is -2.29. The summed E-state index contributed by atoms with van der Waals surface area (Å²) in [5.74, 6) is 0.685. The molecule has 1 N–H and O–H groups in total. The van der Waals surface area contributed by atoms with Crippen LogP contribution in [0, 0.1) is 0 Å². The first-order valence-corrected chi connectivity index (χ1v) is 5.56. The van der Waals surface area contributed by atoms with E-state index in [1.165, 1.54) is 4.88 Å². The third-order valence-corrected chi connectivity index (χ3v) is 3.07. The predicted octanol–water partition coefficient (Wildman–Crippen LogP) is 2.51. The van der Waals surface area contributed by atoms with Gasteiger partial charge in [0.25, 0.3) is 0 Å². The van der Waals surface area contributed by atoms with E-state index in [1.807, 2.05) is 11.3 Å². The van der Waals surface area contributed by atoms with Crippen LogP contribution in [-0.2, 0) is 6.42 Å². The lowest BCUT2D eigenvalue weighted by Gasteiger charge is -2.08. The molecule has 1 atom stereocenters. The Hall–Kier alpha value is -0.0500. The second kappa shape index (κ2) is 5.57. The van der Waals surface area contributed by atoms with Gasteiger partial charge in [0.05, 0.1) is 0 Å². The van der Waals surface area contributed by atoms with Gasteiger partial charge in [0.2, 0.25) is 0 Å². The number of halogens is 1. The molecule has 1 aromatic heterocycles. The Morgan fingerprint density at radius 2 is 2.50 bits per heavy atom. The van der Waals surface area contributed by atoms with Gasteiger partial charge in [-0.05, 0) is 24.8 Å². The molecule has 1 unspecified atom stereocenters. The molecule has 0 spiro atoms. The highest BCUT2D eigenvalue weighted by Crippen LogP contribution is 2.08. The molecule has 0 aliphatic heterocycles. The first-order chi connectivity index (χ1) is 5.83. The number of hydrogen-bond donors (Lipinski definition) is 1. The average molecular weight is 204 g/mol. The minimum absolute atomic E-state index is 0.423. The van der Waals surface area contributed by atoms with Crippen LogP contribution in [0.1, 0.15) is 11.8 Å². The van der Waals surface area contributed by atoms with E-state index < -0.39 is 0 Å². The summed E-state index contributed by atoms with van der Waals surface area (Å²) in [4.78, 5) is 1.43. The number of rotatable bonds is 5. The van der Waals surface area contributed by atoms with Gasteiger partial charge in [-0.25, -0.2) is 0 Å². The topological polar surface area (TPSA) is 12.0 Å². The average Bonchev–Trinajstić information content (AvgIpc) is 2.57. The first-order valence-electron chi connectivity index (χ1n) is 4.14. The molecule has 0 bridgehead atoms. The van der Waals surface area contributed by atoms with Crippen molar-refractivity contribution in [1.29, 1.82) is 0 Å². The molecule has 12 heavy (non-hydrogen) atoms. The van der Waals surface area contributed by atoms with Crippen LogP contribution >= 0.6 is 22.9 Å². The minimum atomic E-state index is 0.423. The lowest BCUT2D eigenvalue weighted by atomic mass is 10.3. The smallest absolute Gasteiger partial charge is 0.0374 e. The number of nitrogens with one attached hydrogen (secondary N) is 1. The summed E-state index contributed by atoms with van der Waals surface area (Å²) in [6.45, 7) is 3.12. The Morgan fingerprint density at radius 1 is 1.67 bits per heavy atom. The van der Waals surface area contributed by atoms with Crippen molar-refractivity contribution in [2.24, 2.45) is 0 Å². The zero-order valence-electron chi connectivity index (χ0n) is 7.22. The van der Waals surface area contributed by atoms with Crippen LogP contribution in [0.25, 0.3) is 0 Å². The van der Waals surface area contributed by atoms with Crippen LogP contribution in [0.4, 0.5) is 0 Å². The maximum atomic E-state index is 5.65. The molecule has 0 amide bonds. The van der Waals surface area contributed by atoms with Crippen LogP contribution in [0.5, 0.6) is 0 Å². The van der Waals surface area contributed by atoms with Crippen LogP contribution in [0.15, 0.2) is 17.5 Å². The van der Waals surface area contributed by atoms with Gasteiger partial charge in [0, 0.05) is 23.3 Å². The van der Waals surface area contributed by atoms with Crippen LogP contribution in [0.2, 0.25) is 0 Å². The second-order valence-corrected chi connectivity index (χ2v) is 4.18. The van der Waals surface area contributed by atoms with E-state index in [-0.39, 0.29) is 0 Å². The number of alkyl halides is 1. The molecule has 0 radical (unpaired) electrons. The summed E-state index contributed by atoms with van der Waals surface area (Å²) >= 11 is 7.46. The van der Waals surface area contributed by atoms with E-state index in [4.69, 9.17) is 11.6 Å². The van der Waals surface area contributed by atoms with E-state index in [9.17, 15) is 0 Å². The summed E-state index contributed by atoms with van der Waals surface area (Å²) in [6.07, 6.45) is 1.11. The van der Waals surface area contributed by atoms with E-state index in [2.05, 4.69) is 29.8 Å². The van der Waals surface area contributed by atoms with Gasteiger partial charge >= 0.3 is 0 Å². The zero-order valence-corrected chi connectivity index (χ0v) is 8.79. The van der Waals surface area contributed by atoms with Gasteiger partial charge in [-0.15, -0.1) is 22.9 Å². The van der Waals surface area contributed by atoms with Gasteiger partial charge in [0.1, 0.15) is 0 Å². The van der Waals surface area contributed by atoms with E-state index in [1.54, 1.807) is 0 Å². The number of hydrogen-bond acceptors (Lipinski definition) is 2. The zero-order chi connectivity index (χ0) is 8.81. The van der Waals surface area contributed by atoms with Crippen LogP contribution in [-0.4, -0.2) is 18.5 Å². The third kappa shape index (κ3) is 3.57. The predicted molar refractivity (Wildman–Crippen MR) is 56.2 cm³/mol. The monoisotopic (exact) mass is 203 g/mol. The molecular weight excluding hydrogens is 190 g/mol. The summed E-state index contributed by atoms with van der Waals surface area (Å²) in [5.41, 5.74) is 0. The van der Waals surface area contributed by atoms with Gasteiger partial charge < -0.3 is 5.32 Å². The Balaban J connectivity index is 2.11. The summed E-state index contributed by atoms with van der Waals surface area (Å²) in [5, 5.41) is 5.46. The standard InChI is InChI=1S/C9H14ClNS/c1-8(7-10)11-5-4-9-3-2-6-12-9/h2-3,6,8,11H,4-5,7H2,1H3. The SMILES string of the molecule is CC(CCl)NCCc1cccs1. The lowest BCUT2D eigenvalue weighted by molar-refractivity contribution is 0.596. The normalized spacial score (nSPS) is 13.2. The van der Waals surface area contributed by atoms with Crippen molar-refractivity contribution in [3.05, 3.63) is 22.4 Å². The Labute approximate surface area is 82.7 Å². The van der Waals surface area contributed by atoms with E-state index in [0.29, 0.717) is 11.9 Å². The Morgan fingerprint density at radius 3 is 3.08 bits per heavy atom. The highest BCUT2D eigenvalue weighted by atomic mass is 35.5. The molecule has 1 heterocycles. The third-order valence-electron chi connectivity index (χ3n) is 1.68. The van der Waals surface area contributed by atoms with E-state index in [0.717, 1.165) is 13.0 Å². The highest BCUT2D eigenvalue weighted by molar-refractivity contribution is 7.09. The molecule has 0 aromatic carbocycles. The molecule has 68 valence electrons. The van der Waals surface area contributed by atoms with Crippen molar-refractivity contribution in [3.63, 3.8) is 0 Å². The molecule has 0 aliphatic carbocycles. The summed E-state index contributed by atoms with van der Waals surface area (Å²) in [6, 6.07) is 4.68. The molecule has 1 aromatic rings. The van der Waals surface area contributed by atoms with Gasteiger partial charge in [0.15, 0.2) is 0 Å². The fraction of sp³-hybridized carbons (Fsp3) is 0.556. The molecular formula is C9H14ClNS. The molecule has 0 saturated carbocycles. The van der Waals surface area contributed by atoms with Gasteiger partial charge in [-0.2, -0.15) is 0 Å². The van der Waals surface area contributed by atoms with Crippen molar-refractivity contribution < 1.29 is 0 Å². The quantitative estimate of drug-likeness (QED) is 0.726. The fourth-order valence-electron chi connectivity index (χ4n) is 0.951. The summed E-state index contributed by atoms with van der Waals surface area (Å²) in [7, 11) is 0. The van der Waals surface area contributed by atoms with Crippen LogP contribution in [0.3, 0.4) is 0 Å². The second-order valence-electron chi connectivity index (χ2n) is 2.84. The van der Waals surface area contributed by atoms with E-state index >= 15 is 0 Å². The Bertz CT molecular complexity index is 198. The molecule has 0 fully saturated rings. The molecule has 1 rings (SSSR count). The van der Waals surface area contributed by atoms with Crippen LogP contribution < -0.4 is 5.32 Å². The van der Waals surface area contributed by atoms with Crippen molar-refractivity contribution in [2.45, 2.75) is 19.4 Å². The molecule has 0 aliphatic rings. The largest absolute Gasteiger partial charge is 0.313 e. The molecule has 1 nitrogen and oxygen atoms in total. The highest BCUT2D eigenvalue weighted by Gasteiger charge is 1.98. The maximum Gasteiger partial charge on any atom is 0.0374 e. The molecule has 3 heteroatoms. The minimum Gasteiger partial charge on any atom is -0.313 e. The Kier molecular flexibility index (Phi) is 4.66. The summed E-state index contributed by atoms with van der Waals surface area (Å²) < 4.78 is 0. The van der Waals surface area contributed by atoms with Crippen molar-refractivity contribution >= 4 is 22.9 Å². The molecule has 0 saturated heterocycles. The fourth-order valence-corrected chi connectivity index (χ4v) is 1.77. The first kappa shape index (κ1) is 10.0. The van der Waals surface area contributed by atoms with Crippen molar-refractivity contribution in [3.8, 4) is 0 Å². The maximum absolute atomic E-state index is 5.65. The van der Waals surface area contributed by atoms with Gasteiger partial charge in [-0.1, -0.05) is 6.07 Å². The number of thiophene rings is 1. The van der Waals surface area contributed by atoms with Crippen molar-refractivity contribution in [2.75, 3.05) is 12.4 Å². The van der Waals surface area contributed by atoms with Crippen molar-refractivity contribution in [1.82, 2.24) is 5.32 Å². The van der Waals surface area contributed by atoms with Gasteiger partial charge in [-0.3, -0.25) is 0 Å².